The maximum atomic E-state index is 12.4. The minimum atomic E-state index is -2.97. The van der Waals surface area contributed by atoms with E-state index in [0.717, 1.165) is 11.3 Å². The standard InChI is InChI=1S/C19H17F2N3O3/c1-26-17-9-14(7-8-16(17)27-19(20)21)18(25)22-10-13-11-23-24(12-13)15-5-3-2-4-6-15/h2-9,11-12,19H,10H2,1H3,(H,22,25). The van der Waals surface area contributed by atoms with Crippen molar-refractivity contribution in [1.82, 2.24) is 15.1 Å². The number of halogens is 2. The van der Waals surface area contributed by atoms with E-state index in [9.17, 15) is 13.6 Å². The average molecular weight is 373 g/mol. The van der Waals surface area contributed by atoms with Crippen molar-refractivity contribution in [2.75, 3.05) is 7.11 Å². The van der Waals surface area contributed by atoms with Gasteiger partial charge in [0.25, 0.3) is 5.91 Å². The highest BCUT2D eigenvalue weighted by molar-refractivity contribution is 5.94. The van der Waals surface area contributed by atoms with Crippen LogP contribution in [0.4, 0.5) is 8.78 Å². The molecule has 3 rings (SSSR count). The van der Waals surface area contributed by atoms with E-state index >= 15 is 0 Å². The summed E-state index contributed by atoms with van der Waals surface area (Å²) in [5.41, 5.74) is 2.00. The van der Waals surface area contributed by atoms with Gasteiger partial charge in [0.15, 0.2) is 11.5 Å². The Hall–Kier alpha value is -3.42. The van der Waals surface area contributed by atoms with E-state index in [2.05, 4.69) is 15.2 Å². The first kappa shape index (κ1) is 18.4. The van der Waals surface area contributed by atoms with E-state index in [0.29, 0.717) is 0 Å². The second-order valence-electron chi connectivity index (χ2n) is 5.56. The van der Waals surface area contributed by atoms with Gasteiger partial charge in [0.05, 0.1) is 19.0 Å². The Bertz CT molecular complexity index is 914. The van der Waals surface area contributed by atoms with Crippen LogP contribution in [-0.2, 0) is 6.54 Å². The number of hydrogen-bond donors (Lipinski definition) is 1. The number of nitrogens with zero attached hydrogens (tertiary/aromatic N) is 2. The zero-order valence-electron chi connectivity index (χ0n) is 14.4. The maximum Gasteiger partial charge on any atom is 0.387 e. The lowest BCUT2D eigenvalue weighted by molar-refractivity contribution is -0.0512. The number of benzene rings is 2. The number of para-hydroxylation sites is 1. The molecule has 0 atom stereocenters. The fraction of sp³-hybridized carbons (Fsp3) is 0.158. The molecule has 6 nitrogen and oxygen atoms in total. The lowest BCUT2D eigenvalue weighted by Gasteiger charge is -2.11. The van der Waals surface area contributed by atoms with Crippen LogP contribution in [0.1, 0.15) is 15.9 Å². The van der Waals surface area contributed by atoms with Gasteiger partial charge in [-0.15, -0.1) is 0 Å². The number of carbonyl (C=O) groups excluding carboxylic acids is 1. The van der Waals surface area contributed by atoms with Crippen LogP contribution in [0, 0.1) is 0 Å². The number of alkyl halides is 2. The van der Waals surface area contributed by atoms with Crippen molar-refractivity contribution in [1.29, 1.82) is 0 Å². The van der Waals surface area contributed by atoms with Gasteiger partial charge in [-0.3, -0.25) is 4.79 Å². The molecule has 1 heterocycles. The number of methoxy groups -OCH3 is 1. The quantitative estimate of drug-likeness (QED) is 0.689. The Morgan fingerprint density at radius 1 is 1.19 bits per heavy atom. The third kappa shape index (κ3) is 4.60. The predicted octanol–water partition coefficient (Wildman–Crippen LogP) is 3.41. The number of ether oxygens (including phenoxy) is 2. The molecule has 0 fully saturated rings. The molecule has 0 radical (unpaired) electrons. The topological polar surface area (TPSA) is 65.4 Å². The molecule has 1 aromatic heterocycles. The Morgan fingerprint density at radius 3 is 2.67 bits per heavy atom. The summed E-state index contributed by atoms with van der Waals surface area (Å²) in [4.78, 5) is 12.3. The van der Waals surface area contributed by atoms with E-state index in [1.807, 2.05) is 36.5 Å². The van der Waals surface area contributed by atoms with Gasteiger partial charge < -0.3 is 14.8 Å². The largest absolute Gasteiger partial charge is 0.493 e. The third-order valence-corrected chi connectivity index (χ3v) is 3.75. The number of rotatable bonds is 7. The van der Waals surface area contributed by atoms with Crippen molar-refractivity contribution in [2.24, 2.45) is 0 Å². The predicted molar refractivity (Wildman–Crippen MR) is 94.4 cm³/mol. The van der Waals surface area contributed by atoms with E-state index in [1.165, 1.54) is 25.3 Å². The lowest BCUT2D eigenvalue weighted by atomic mass is 10.2. The molecular weight excluding hydrogens is 356 g/mol. The monoisotopic (exact) mass is 373 g/mol. The SMILES string of the molecule is COc1cc(C(=O)NCc2cnn(-c3ccccc3)c2)ccc1OC(F)F. The van der Waals surface area contributed by atoms with Gasteiger partial charge in [-0.25, -0.2) is 4.68 Å². The number of hydrogen-bond acceptors (Lipinski definition) is 4. The zero-order chi connectivity index (χ0) is 19.2. The summed E-state index contributed by atoms with van der Waals surface area (Å²) in [6, 6.07) is 13.6. The molecular formula is C19H17F2N3O3. The van der Waals surface area contributed by atoms with Crippen LogP contribution in [0.5, 0.6) is 11.5 Å². The molecule has 8 heteroatoms. The second kappa shape index (κ2) is 8.31. The van der Waals surface area contributed by atoms with Gasteiger partial charge in [-0.2, -0.15) is 13.9 Å². The lowest BCUT2D eigenvalue weighted by Crippen LogP contribution is -2.22. The molecule has 0 spiro atoms. The van der Waals surface area contributed by atoms with Crippen LogP contribution >= 0.6 is 0 Å². The summed E-state index contributed by atoms with van der Waals surface area (Å²) in [5.74, 6) is -0.447. The maximum absolute atomic E-state index is 12.4. The summed E-state index contributed by atoms with van der Waals surface area (Å²) in [5, 5.41) is 7.02. The van der Waals surface area contributed by atoms with Crippen LogP contribution < -0.4 is 14.8 Å². The highest BCUT2D eigenvalue weighted by Crippen LogP contribution is 2.29. The molecule has 1 N–H and O–H groups in total. The van der Waals surface area contributed by atoms with E-state index in [4.69, 9.17) is 4.74 Å². The van der Waals surface area contributed by atoms with Crippen molar-refractivity contribution >= 4 is 5.91 Å². The molecule has 3 aromatic rings. The van der Waals surface area contributed by atoms with Crippen LogP contribution in [-0.4, -0.2) is 29.4 Å². The number of nitrogens with one attached hydrogen (secondary N) is 1. The number of aromatic nitrogens is 2. The van der Waals surface area contributed by atoms with Gasteiger partial charge >= 0.3 is 6.61 Å². The zero-order valence-corrected chi connectivity index (χ0v) is 14.4. The summed E-state index contributed by atoms with van der Waals surface area (Å²) < 4.78 is 35.8. The number of amides is 1. The third-order valence-electron chi connectivity index (χ3n) is 3.75. The molecule has 140 valence electrons. The van der Waals surface area contributed by atoms with Crippen molar-refractivity contribution in [2.45, 2.75) is 13.2 Å². The summed E-state index contributed by atoms with van der Waals surface area (Å²) in [6.45, 7) is -2.71. The van der Waals surface area contributed by atoms with Crippen LogP contribution in [0.2, 0.25) is 0 Å². The molecule has 1 amide bonds. The molecule has 27 heavy (non-hydrogen) atoms. The van der Waals surface area contributed by atoms with Crippen LogP contribution in [0.3, 0.4) is 0 Å². The fourth-order valence-corrected chi connectivity index (χ4v) is 2.46. The summed E-state index contributed by atoms with van der Waals surface area (Å²) in [6.07, 6.45) is 3.48. The fourth-order valence-electron chi connectivity index (χ4n) is 2.46. The van der Waals surface area contributed by atoms with E-state index in [-0.39, 0.29) is 29.5 Å². The molecule has 0 saturated carbocycles. The number of carbonyl (C=O) groups is 1. The Labute approximate surface area is 154 Å². The second-order valence-corrected chi connectivity index (χ2v) is 5.56. The van der Waals surface area contributed by atoms with Crippen molar-refractivity contribution < 1.29 is 23.0 Å². The molecule has 0 unspecified atom stereocenters. The van der Waals surface area contributed by atoms with Gasteiger partial charge in [0.2, 0.25) is 0 Å². The van der Waals surface area contributed by atoms with E-state index in [1.54, 1.807) is 10.9 Å². The van der Waals surface area contributed by atoms with Crippen LogP contribution in [0.15, 0.2) is 60.9 Å². The average Bonchev–Trinajstić information content (AvgIpc) is 3.16. The minimum absolute atomic E-state index is 0.0554. The summed E-state index contributed by atoms with van der Waals surface area (Å²) >= 11 is 0. The highest BCUT2D eigenvalue weighted by Gasteiger charge is 2.14. The first-order valence-electron chi connectivity index (χ1n) is 8.07. The summed E-state index contributed by atoms with van der Waals surface area (Å²) in [7, 11) is 1.31. The van der Waals surface area contributed by atoms with Gasteiger partial charge in [-0.1, -0.05) is 18.2 Å². The Morgan fingerprint density at radius 2 is 1.96 bits per heavy atom. The smallest absolute Gasteiger partial charge is 0.387 e. The van der Waals surface area contributed by atoms with Crippen molar-refractivity contribution in [3.05, 3.63) is 72.1 Å². The van der Waals surface area contributed by atoms with Gasteiger partial charge in [0.1, 0.15) is 0 Å². The molecule has 0 aliphatic carbocycles. The van der Waals surface area contributed by atoms with Gasteiger partial charge in [-0.05, 0) is 30.3 Å². The first-order chi connectivity index (χ1) is 13.1. The van der Waals surface area contributed by atoms with Crippen molar-refractivity contribution in [3.63, 3.8) is 0 Å². The minimum Gasteiger partial charge on any atom is -0.493 e. The van der Waals surface area contributed by atoms with Crippen LogP contribution in [0.25, 0.3) is 5.69 Å². The molecule has 2 aromatic carbocycles. The van der Waals surface area contributed by atoms with E-state index < -0.39 is 6.61 Å². The molecule has 0 saturated heterocycles. The molecule has 0 bridgehead atoms. The van der Waals surface area contributed by atoms with Gasteiger partial charge in [0, 0.05) is 23.9 Å². The first-order valence-corrected chi connectivity index (χ1v) is 8.07. The Balaban J connectivity index is 1.65. The normalized spacial score (nSPS) is 10.7. The van der Waals surface area contributed by atoms with Crippen molar-refractivity contribution in [3.8, 4) is 17.2 Å². The Kier molecular flexibility index (Phi) is 5.65. The molecule has 0 aliphatic heterocycles. The molecule has 0 aliphatic rings. The highest BCUT2D eigenvalue weighted by atomic mass is 19.3.